The van der Waals surface area contributed by atoms with E-state index in [2.05, 4.69) is 144 Å². The summed E-state index contributed by atoms with van der Waals surface area (Å²) in [6, 6.07) is 67.5. The normalized spacial score (nSPS) is 11.8. The van der Waals surface area contributed by atoms with Gasteiger partial charge in [0.05, 0.1) is 0 Å². The predicted molar refractivity (Wildman–Crippen MR) is 237 cm³/mol. The number of hydrogen-bond acceptors (Lipinski definition) is 5. The number of anilines is 3. The van der Waals surface area contributed by atoms with Gasteiger partial charge < -0.3 is 18.2 Å². The largest absolute Gasteiger partial charge is 0.456 e. The van der Waals surface area contributed by atoms with E-state index in [1.165, 1.54) is 5.39 Å². The van der Waals surface area contributed by atoms with Crippen molar-refractivity contribution in [1.82, 2.24) is 4.98 Å². The predicted octanol–water partition coefficient (Wildman–Crippen LogP) is 15.3. The standard InChI is InChI=1S/C53H32N2O3/c1-3-11-34(12-4-1)53-54-45-27-21-36(30-49(45)58-53)35-22-28-47-44(29-35)52-50(57-47)31-37-13-7-8-16-41(37)51(52)33-19-23-39(24-20-33)55(38-14-5-2-6-15-38)40-25-26-43-42-17-9-10-18-46(42)56-48(43)32-40/h1-32H. The first-order chi connectivity index (χ1) is 28.7. The monoisotopic (exact) mass is 744 g/mol. The van der Waals surface area contributed by atoms with Gasteiger partial charge in [-0.3, -0.25) is 0 Å². The van der Waals surface area contributed by atoms with E-state index < -0.39 is 0 Å². The third-order valence-electron chi connectivity index (χ3n) is 11.3. The van der Waals surface area contributed by atoms with Gasteiger partial charge in [0.2, 0.25) is 5.89 Å². The number of oxazole rings is 1. The molecular formula is C53H32N2O3. The second kappa shape index (κ2) is 12.8. The van der Waals surface area contributed by atoms with Crippen LogP contribution in [-0.2, 0) is 0 Å². The molecule has 0 amide bonds. The summed E-state index contributed by atoms with van der Waals surface area (Å²) in [6.45, 7) is 0. The maximum Gasteiger partial charge on any atom is 0.227 e. The van der Waals surface area contributed by atoms with Gasteiger partial charge in [-0.15, -0.1) is 0 Å². The summed E-state index contributed by atoms with van der Waals surface area (Å²) in [7, 11) is 0. The van der Waals surface area contributed by atoms with Crippen LogP contribution in [0.3, 0.4) is 0 Å². The highest BCUT2D eigenvalue weighted by Gasteiger charge is 2.20. The summed E-state index contributed by atoms with van der Waals surface area (Å²) in [5.41, 5.74) is 13.5. The second-order valence-electron chi connectivity index (χ2n) is 14.7. The number of nitrogens with zero attached hydrogens (tertiary/aromatic N) is 2. The summed E-state index contributed by atoms with van der Waals surface area (Å²) < 4.78 is 19.2. The number of para-hydroxylation sites is 2. The molecule has 12 aromatic rings. The van der Waals surface area contributed by atoms with Gasteiger partial charge in [0, 0.05) is 55.8 Å². The lowest BCUT2D eigenvalue weighted by Crippen LogP contribution is -2.09. The highest BCUT2D eigenvalue weighted by Crippen LogP contribution is 2.45. The van der Waals surface area contributed by atoms with Crippen LogP contribution in [0.15, 0.2) is 207 Å². The molecule has 12 rings (SSSR count). The molecular weight excluding hydrogens is 713 g/mol. The van der Waals surface area contributed by atoms with Crippen molar-refractivity contribution < 1.29 is 13.3 Å². The van der Waals surface area contributed by atoms with Gasteiger partial charge in [0.25, 0.3) is 0 Å². The Hall–Kier alpha value is -7.89. The van der Waals surface area contributed by atoms with Crippen LogP contribution < -0.4 is 4.90 Å². The fraction of sp³-hybridized carbons (Fsp3) is 0. The molecule has 0 saturated carbocycles. The lowest BCUT2D eigenvalue weighted by molar-refractivity contribution is 0.620. The van der Waals surface area contributed by atoms with E-state index in [0.717, 1.165) is 105 Å². The number of rotatable bonds is 6. The van der Waals surface area contributed by atoms with Crippen molar-refractivity contribution in [3.05, 3.63) is 194 Å². The molecule has 272 valence electrons. The smallest absolute Gasteiger partial charge is 0.227 e. The Kier molecular flexibility index (Phi) is 7.16. The average molecular weight is 745 g/mol. The molecule has 0 N–H and O–H groups in total. The zero-order chi connectivity index (χ0) is 38.2. The molecule has 0 atom stereocenters. The summed E-state index contributed by atoms with van der Waals surface area (Å²) in [6.07, 6.45) is 0. The highest BCUT2D eigenvalue weighted by molar-refractivity contribution is 6.21. The van der Waals surface area contributed by atoms with E-state index in [4.69, 9.17) is 18.2 Å². The molecule has 3 heterocycles. The molecule has 0 saturated heterocycles. The van der Waals surface area contributed by atoms with Crippen molar-refractivity contribution in [1.29, 1.82) is 0 Å². The Labute approximate surface area is 332 Å². The van der Waals surface area contributed by atoms with Crippen molar-refractivity contribution in [3.63, 3.8) is 0 Å². The van der Waals surface area contributed by atoms with E-state index >= 15 is 0 Å². The van der Waals surface area contributed by atoms with E-state index in [9.17, 15) is 0 Å². The first-order valence-corrected chi connectivity index (χ1v) is 19.4. The van der Waals surface area contributed by atoms with Crippen LogP contribution in [0.1, 0.15) is 0 Å². The summed E-state index contributed by atoms with van der Waals surface area (Å²) in [5.74, 6) is 0.616. The lowest BCUT2D eigenvalue weighted by Gasteiger charge is -2.25. The molecule has 0 fully saturated rings. The minimum absolute atomic E-state index is 0.616. The Morgan fingerprint density at radius 3 is 1.84 bits per heavy atom. The Morgan fingerprint density at radius 1 is 0.345 bits per heavy atom. The SMILES string of the molecule is c1ccc(-c2nc3ccc(-c4ccc5oc6cc7ccccc7c(-c7ccc(N(c8ccccc8)c8ccc9c(c8)oc8ccccc89)cc7)c6c5c4)cc3o2)cc1. The Balaban J connectivity index is 0.991. The molecule has 0 bridgehead atoms. The number of hydrogen-bond donors (Lipinski definition) is 0. The maximum absolute atomic E-state index is 6.63. The van der Waals surface area contributed by atoms with E-state index in [0.29, 0.717) is 5.89 Å². The van der Waals surface area contributed by atoms with E-state index in [-0.39, 0.29) is 0 Å². The fourth-order valence-corrected chi connectivity index (χ4v) is 8.55. The van der Waals surface area contributed by atoms with Crippen LogP contribution in [0.5, 0.6) is 0 Å². The third-order valence-corrected chi connectivity index (χ3v) is 11.3. The Morgan fingerprint density at radius 2 is 0.983 bits per heavy atom. The van der Waals surface area contributed by atoms with Crippen LogP contribution in [0.4, 0.5) is 17.1 Å². The van der Waals surface area contributed by atoms with Crippen LogP contribution in [0.2, 0.25) is 0 Å². The second-order valence-corrected chi connectivity index (χ2v) is 14.7. The minimum Gasteiger partial charge on any atom is -0.456 e. The summed E-state index contributed by atoms with van der Waals surface area (Å²) in [4.78, 5) is 7.04. The maximum atomic E-state index is 6.63. The van der Waals surface area contributed by atoms with Crippen LogP contribution in [0, 0.1) is 0 Å². The highest BCUT2D eigenvalue weighted by atomic mass is 16.3. The van der Waals surface area contributed by atoms with Gasteiger partial charge in [-0.2, -0.15) is 0 Å². The lowest BCUT2D eigenvalue weighted by atomic mass is 9.92. The molecule has 0 aliphatic heterocycles. The number of fused-ring (bicyclic) bond motifs is 8. The van der Waals surface area contributed by atoms with Crippen LogP contribution >= 0.6 is 0 Å². The minimum atomic E-state index is 0.616. The van der Waals surface area contributed by atoms with Crippen LogP contribution in [-0.4, -0.2) is 4.98 Å². The summed E-state index contributed by atoms with van der Waals surface area (Å²) in [5, 5.41) is 6.67. The third kappa shape index (κ3) is 5.21. The fourth-order valence-electron chi connectivity index (χ4n) is 8.55. The van der Waals surface area contributed by atoms with Gasteiger partial charge in [0.1, 0.15) is 27.8 Å². The van der Waals surface area contributed by atoms with Crippen molar-refractivity contribution in [3.8, 4) is 33.7 Å². The molecule has 0 spiro atoms. The average Bonchev–Trinajstić information content (AvgIpc) is 3.99. The Bertz CT molecular complexity index is 3510. The van der Waals surface area contributed by atoms with Crippen LogP contribution in [0.25, 0.3) is 99.5 Å². The number of aromatic nitrogens is 1. The molecule has 0 unspecified atom stereocenters. The topological polar surface area (TPSA) is 55.6 Å². The zero-order valence-electron chi connectivity index (χ0n) is 31.1. The molecule has 9 aromatic carbocycles. The van der Waals surface area contributed by atoms with Crippen molar-refractivity contribution in [2.24, 2.45) is 0 Å². The summed E-state index contributed by atoms with van der Waals surface area (Å²) >= 11 is 0. The van der Waals surface area contributed by atoms with Crippen molar-refractivity contribution in [2.45, 2.75) is 0 Å². The van der Waals surface area contributed by atoms with Gasteiger partial charge in [-0.1, -0.05) is 103 Å². The van der Waals surface area contributed by atoms with E-state index in [1.54, 1.807) is 0 Å². The molecule has 3 aromatic heterocycles. The first kappa shape index (κ1) is 32.4. The van der Waals surface area contributed by atoms with Gasteiger partial charge in [-0.25, -0.2) is 4.98 Å². The molecule has 0 aliphatic rings. The molecule has 5 nitrogen and oxygen atoms in total. The van der Waals surface area contributed by atoms with Crippen molar-refractivity contribution in [2.75, 3.05) is 4.90 Å². The zero-order valence-corrected chi connectivity index (χ0v) is 31.1. The van der Waals surface area contributed by atoms with E-state index in [1.807, 2.05) is 54.6 Å². The van der Waals surface area contributed by atoms with Gasteiger partial charge in [-0.05, 0) is 112 Å². The van der Waals surface area contributed by atoms with Gasteiger partial charge in [0.15, 0.2) is 5.58 Å². The molecule has 58 heavy (non-hydrogen) atoms. The first-order valence-electron chi connectivity index (χ1n) is 19.4. The van der Waals surface area contributed by atoms with Crippen molar-refractivity contribution >= 4 is 82.8 Å². The van der Waals surface area contributed by atoms with Gasteiger partial charge >= 0.3 is 0 Å². The number of benzene rings is 9. The molecule has 5 heteroatoms. The number of furan rings is 2. The quantitative estimate of drug-likeness (QED) is 0.170. The molecule has 0 radical (unpaired) electrons. The molecule has 0 aliphatic carbocycles.